The first kappa shape index (κ1) is 10.7. The summed E-state index contributed by atoms with van der Waals surface area (Å²) in [4.78, 5) is 0. The summed E-state index contributed by atoms with van der Waals surface area (Å²) >= 11 is 0. The molecule has 0 aromatic heterocycles. The third kappa shape index (κ3) is 9.72. The summed E-state index contributed by atoms with van der Waals surface area (Å²) in [6.45, 7) is 9.74. The molecule has 0 aliphatic rings. The van der Waals surface area contributed by atoms with Crippen LogP contribution < -0.4 is 0 Å². The molecule has 0 aromatic carbocycles. The van der Waals surface area contributed by atoms with Crippen molar-refractivity contribution in [1.82, 2.24) is 0 Å². The molecule has 0 aliphatic carbocycles. The fraction of sp³-hybridized carbons (Fsp3) is 0.750. The van der Waals surface area contributed by atoms with Crippen LogP contribution in [-0.2, 0) is 4.43 Å². The van der Waals surface area contributed by atoms with Gasteiger partial charge in [0.05, 0.1) is 11.9 Å². The van der Waals surface area contributed by atoms with E-state index in [4.69, 9.17) is 4.43 Å². The minimum Gasteiger partial charge on any atom is -0.550 e. The van der Waals surface area contributed by atoms with E-state index in [0.29, 0.717) is 0 Å². The van der Waals surface area contributed by atoms with Crippen LogP contribution in [0.4, 0.5) is 0 Å². The Hall–Kier alpha value is -0.283. The third-order valence-corrected chi connectivity index (χ3v) is 1.74. The van der Waals surface area contributed by atoms with Gasteiger partial charge in [-0.25, -0.2) is 0 Å². The van der Waals surface area contributed by atoms with E-state index in [1.54, 1.807) is 26.2 Å². The Morgan fingerprint density at radius 3 is 2.00 bits per heavy atom. The molecule has 3 heteroatoms. The lowest BCUT2D eigenvalue weighted by Crippen LogP contribution is -2.23. The summed E-state index contributed by atoms with van der Waals surface area (Å²) in [5.41, 5.74) is -0.764. The second kappa shape index (κ2) is 3.41. The maximum atomic E-state index is 9.26. The first-order valence-electron chi connectivity index (χ1n) is 3.79. The lowest BCUT2D eigenvalue weighted by atomic mass is 10.1. The smallest absolute Gasteiger partial charge is 0.241 e. The first-order valence-corrected chi connectivity index (χ1v) is 7.19. The first-order chi connectivity index (χ1) is 4.71. The summed E-state index contributed by atoms with van der Waals surface area (Å²) in [5, 5.41) is 9.26. The molecule has 66 valence electrons. The van der Waals surface area contributed by atoms with Crippen molar-refractivity contribution < 1.29 is 9.53 Å². The molecule has 0 amide bonds. The van der Waals surface area contributed by atoms with Gasteiger partial charge in [0.15, 0.2) is 0 Å². The number of hydrogen-bond acceptors (Lipinski definition) is 2. The molecule has 0 bridgehead atoms. The molecule has 2 nitrogen and oxygen atoms in total. The number of aliphatic hydroxyl groups is 1. The maximum absolute atomic E-state index is 9.26. The summed E-state index contributed by atoms with van der Waals surface area (Å²) in [7, 11) is -1.45. The molecule has 0 rings (SSSR count). The van der Waals surface area contributed by atoms with E-state index in [1.165, 1.54) is 0 Å². The van der Waals surface area contributed by atoms with Gasteiger partial charge >= 0.3 is 0 Å². The second-order valence-corrected chi connectivity index (χ2v) is 8.65. The SMILES string of the molecule is CC(C)(O)C=CO[Si](C)(C)C. The highest BCUT2D eigenvalue weighted by atomic mass is 28.4. The van der Waals surface area contributed by atoms with Gasteiger partial charge in [-0.3, -0.25) is 0 Å². The van der Waals surface area contributed by atoms with Crippen molar-refractivity contribution in [2.24, 2.45) is 0 Å². The Morgan fingerprint density at radius 1 is 1.27 bits per heavy atom. The highest BCUT2D eigenvalue weighted by Gasteiger charge is 2.14. The zero-order valence-corrected chi connectivity index (χ0v) is 9.01. The summed E-state index contributed by atoms with van der Waals surface area (Å²) in [5.74, 6) is 0. The summed E-state index contributed by atoms with van der Waals surface area (Å²) in [6, 6.07) is 0. The largest absolute Gasteiger partial charge is 0.550 e. The van der Waals surface area contributed by atoms with E-state index in [-0.39, 0.29) is 0 Å². The normalized spacial score (nSPS) is 14.0. The topological polar surface area (TPSA) is 29.5 Å². The molecule has 0 radical (unpaired) electrons. The quantitative estimate of drug-likeness (QED) is 0.524. The van der Waals surface area contributed by atoms with Gasteiger partial charge in [0.1, 0.15) is 0 Å². The van der Waals surface area contributed by atoms with E-state index >= 15 is 0 Å². The zero-order chi connectivity index (χ0) is 9.12. The molecule has 0 saturated carbocycles. The molecule has 1 N–H and O–H groups in total. The maximum Gasteiger partial charge on any atom is 0.241 e. The Balaban J connectivity index is 3.80. The van der Waals surface area contributed by atoms with Crippen molar-refractivity contribution in [3.8, 4) is 0 Å². The highest BCUT2D eigenvalue weighted by molar-refractivity contribution is 6.69. The Kier molecular flexibility index (Phi) is 3.32. The molecule has 0 saturated heterocycles. The predicted octanol–water partition coefficient (Wildman–Crippen LogP) is 2.12. The third-order valence-electron chi connectivity index (χ3n) is 0.898. The van der Waals surface area contributed by atoms with Gasteiger partial charge in [-0.15, -0.1) is 0 Å². The molecule has 11 heavy (non-hydrogen) atoms. The predicted molar refractivity (Wildman–Crippen MR) is 49.9 cm³/mol. The van der Waals surface area contributed by atoms with Crippen LogP contribution in [0.3, 0.4) is 0 Å². The van der Waals surface area contributed by atoms with Crippen molar-refractivity contribution in [2.45, 2.75) is 39.1 Å². The Bertz CT molecular complexity index is 139. The van der Waals surface area contributed by atoms with Crippen LogP contribution in [0, 0.1) is 0 Å². The van der Waals surface area contributed by atoms with Crippen LogP contribution in [-0.4, -0.2) is 19.0 Å². The van der Waals surface area contributed by atoms with Gasteiger partial charge in [0.2, 0.25) is 8.32 Å². The molecule has 0 fully saturated rings. The summed E-state index contributed by atoms with van der Waals surface area (Å²) in [6.07, 6.45) is 3.26. The minimum atomic E-state index is -1.45. The highest BCUT2D eigenvalue weighted by Crippen LogP contribution is 2.06. The van der Waals surface area contributed by atoms with Crippen LogP contribution in [0.25, 0.3) is 0 Å². The molecular formula is C8H18O2Si. The van der Waals surface area contributed by atoms with Crippen molar-refractivity contribution in [3.05, 3.63) is 12.3 Å². The van der Waals surface area contributed by atoms with Gasteiger partial charge < -0.3 is 9.53 Å². The zero-order valence-electron chi connectivity index (χ0n) is 8.01. The van der Waals surface area contributed by atoms with Gasteiger partial charge in [-0.1, -0.05) is 0 Å². The van der Waals surface area contributed by atoms with Crippen LogP contribution in [0.15, 0.2) is 12.3 Å². The van der Waals surface area contributed by atoms with Crippen molar-refractivity contribution in [2.75, 3.05) is 0 Å². The number of hydrogen-bond donors (Lipinski definition) is 1. The average molecular weight is 174 g/mol. The lowest BCUT2D eigenvalue weighted by molar-refractivity contribution is 0.131. The van der Waals surface area contributed by atoms with E-state index < -0.39 is 13.9 Å². The van der Waals surface area contributed by atoms with Crippen LogP contribution in [0.1, 0.15) is 13.8 Å². The van der Waals surface area contributed by atoms with Gasteiger partial charge in [0.25, 0.3) is 0 Å². The van der Waals surface area contributed by atoms with E-state index in [1.807, 2.05) is 0 Å². The molecule has 0 heterocycles. The second-order valence-electron chi connectivity index (χ2n) is 4.19. The van der Waals surface area contributed by atoms with Crippen LogP contribution >= 0.6 is 0 Å². The molecule has 0 atom stereocenters. The Labute approximate surface area is 70.0 Å². The van der Waals surface area contributed by atoms with Crippen LogP contribution in [0.5, 0.6) is 0 Å². The van der Waals surface area contributed by atoms with Gasteiger partial charge in [-0.2, -0.15) is 0 Å². The van der Waals surface area contributed by atoms with Crippen LogP contribution in [0.2, 0.25) is 19.6 Å². The van der Waals surface area contributed by atoms with Crippen molar-refractivity contribution in [3.63, 3.8) is 0 Å². The van der Waals surface area contributed by atoms with Gasteiger partial charge in [-0.05, 0) is 39.6 Å². The molecule has 0 spiro atoms. The fourth-order valence-corrected chi connectivity index (χ4v) is 0.881. The molecule has 0 unspecified atom stereocenters. The van der Waals surface area contributed by atoms with E-state index in [0.717, 1.165) is 0 Å². The van der Waals surface area contributed by atoms with E-state index in [9.17, 15) is 5.11 Å². The fourth-order valence-electron chi connectivity index (χ4n) is 0.405. The van der Waals surface area contributed by atoms with Crippen molar-refractivity contribution >= 4 is 8.32 Å². The van der Waals surface area contributed by atoms with E-state index in [2.05, 4.69) is 19.6 Å². The molecule has 0 aromatic rings. The number of rotatable bonds is 3. The van der Waals surface area contributed by atoms with Crippen molar-refractivity contribution in [1.29, 1.82) is 0 Å². The lowest BCUT2D eigenvalue weighted by Gasteiger charge is -2.17. The van der Waals surface area contributed by atoms with Gasteiger partial charge in [0, 0.05) is 0 Å². The monoisotopic (exact) mass is 174 g/mol. The summed E-state index contributed by atoms with van der Waals surface area (Å²) < 4.78 is 5.40. The average Bonchev–Trinajstić information content (AvgIpc) is 1.55. The standard InChI is InChI=1S/C8H18O2Si/c1-8(2,9)6-7-10-11(3,4)5/h6-7,9H,1-5H3. The Morgan fingerprint density at radius 2 is 1.73 bits per heavy atom. The minimum absolute atomic E-state index is 0.764. The molecule has 0 aliphatic heterocycles. The molecular weight excluding hydrogens is 156 g/mol.